The molecule has 16 heteroatoms. The second kappa shape index (κ2) is 13.7. The van der Waals surface area contributed by atoms with Crippen molar-refractivity contribution in [2.45, 2.75) is 44.4 Å². The smallest absolute Gasteiger partial charge is 0.421 e. The topological polar surface area (TPSA) is 133 Å². The number of pyridine rings is 1. The number of nitrogens with zero attached hydrogens (tertiary/aromatic N) is 6. The van der Waals surface area contributed by atoms with Gasteiger partial charge < -0.3 is 25.2 Å². The van der Waals surface area contributed by atoms with E-state index in [9.17, 15) is 26.4 Å². The molecule has 0 atom stereocenters. The Balaban J connectivity index is 1.32. The van der Waals surface area contributed by atoms with E-state index >= 15 is 0 Å². The lowest BCUT2D eigenvalue weighted by atomic mass is 10.0. The fourth-order valence-electron chi connectivity index (χ4n) is 5.74. The number of aromatic nitrogens is 3. The van der Waals surface area contributed by atoms with Crippen molar-refractivity contribution < 1.29 is 31.1 Å². The third kappa shape index (κ3) is 7.61. The Hall–Kier alpha value is -4.18. The van der Waals surface area contributed by atoms with Crippen molar-refractivity contribution in [2.24, 2.45) is 0 Å². The number of ether oxygens (including phenoxy) is 1. The lowest BCUT2D eigenvalue weighted by Gasteiger charge is -2.36. The first-order chi connectivity index (χ1) is 21.8. The fraction of sp³-hybridized carbons (Fsp3) is 0.467. The Morgan fingerprint density at radius 3 is 2.48 bits per heavy atom. The molecule has 0 bridgehead atoms. The zero-order valence-corrected chi connectivity index (χ0v) is 26.7. The summed E-state index contributed by atoms with van der Waals surface area (Å²) in [5.74, 6) is -0.437. The van der Waals surface area contributed by atoms with Crippen LogP contribution in [0.2, 0.25) is 0 Å². The number of rotatable bonds is 10. The molecule has 1 aromatic carbocycles. The van der Waals surface area contributed by atoms with E-state index in [0.29, 0.717) is 47.9 Å². The van der Waals surface area contributed by atoms with Crippen molar-refractivity contribution in [1.82, 2.24) is 24.8 Å². The van der Waals surface area contributed by atoms with Gasteiger partial charge in [0.05, 0.1) is 19.1 Å². The summed E-state index contributed by atoms with van der Waals surface area (Å²) in [6.07, 6.45) is 2.58. The number of benzene rings is 1. The first-order valence-corrected chi connectivity index (χ1v) is 16.7. The van der Waals surface area contributed by atoms with Crippen LogP contribution in [-0.4, -0.2) is 91.7 Å². The molecule has 2 fully saturated rings. The number of hydrogen-bond donors (Lipinski definition) is 2. The van der Waals surface area contributed by atoms with Crippen molar-refractivity contribution in [1.29, 1.82) is 0 Å². The van der Waals surface area contributed by atoms with Gasteiger partial charge in [0.25, 0.3) is 5.91 Å². The molecule has 0 saturated carbocycles. The largest absolute Gasteiger partial charge is 0.495 e. The van der Waals surface area contributed by atoms with Gasteiger partial charge in [-0.2, -0.15) is 18.2 Å². The van der Waals surface area contributed by atoms with Crippen LogP contribution < -0.4 is 19.7 Å². The molecule has 12 nitrogen and oxygen atoms in total. The van der Waals surface area contributed by atoms with Gasteiger partial charge in [0, 0.05) is 56.2 Å². The van der Waals surface area contributed by atoms with Crippen LogP contribution in [0.15, 0.2) is 42.7 Å². The summed E-state index contributed by atoms with van der Waals surface area (Å²) in [7, 11) is -0.941. The lowest BCUT2D eigenvalue weighted by Crippen LogP contribution is -2.45. The first kappa shape index (κ1) is 33.2. The van der Waals surface area contributed by atoms with Crippen LogP contribution >= 0.6 is 0 Å². The molecular formula is C30H37F3N8O4S. The number of nitrogens with one attached hydrogen (secondary N) is 2. The van der Waals surface area contributed by atoms with E-state index in [1.807, 2.05) is 4.90 Å². The predicted molar refractivity (Wildman–Crippen MR) is 168 cm³/mol. The number of methoxy groups -OCH3 is 1. The van der Waals surface area contributed by atoms with E-state index in [1.165, 1.54) is 33.2 Å². The molecule has 2 aliphatic rings. The first-order valence-electron chi connectivity index (χ1n) is 14.9. The molecule has 2 N–H and O–H groups in total. The highest BCUT2D eigenvalue weighted by atomic mass is 32.2. The molecule has 0 spiro atoms. The average molecular weight is 663 g/mol. The molecule has 5 rings (SSSR count). The number of likely N-dealkylation sites (tertiary alicyclic amines) is 2. The number of halogens is 3. The zero-order chi connectivity index (χ0) is 33.1. The maximum absolute atomic E-state index is 13.9. The summed E-state index contributed by atoms with van der Waals surface area (Å²) in [6, 6.07) is 8.42. The molecule has 4 heterocycles. The lowest BCUT2D eigenvalue weighted by molar-refractivity contribution is -0.137. The van der Waals surface area contributed by atoms with Gasteiger partial charge in [0.2, 0.25) is 16.0 Å². The minimum Gasteiger partial charge on any atom is -0.495 e. The van der Waals surface area contributed by atoms with Crippen LogP contribution in [0.5, 0.6) is 5.75 Å². The molecular weight excluding hydrogens is 625 g/mol. The van der Waals surface area contributed by atoms with E-state index in [1.54, 1.807) is 30.3 Å². The second-order valence-corrected chi connectivity index (χ2v) is 13.3. The highest BCUT2D eigenvalue weighted by Gasteiger charge is 2.35. The summed E-state index contributed by atoms with van der Waals surface area (Å²) in [4.78, 5) is 29.7. The molecule has 2 saturated heterocycles. The summed E-state index contributed by atoms with van der Waals surface area (Å²) < 4.78 is 72.2. The number of sulfonamides is 1. The molecule has 3 aromatic rings. The van der Waals surface area contributed by atoms with Gasteiger partial charge in [-0.05, 0) is 63.0 Å². The molecule has 248 valence electrons. The van der Waals surface area contributed by atoms with Crippen LogP contribution in [0, 0.1) is 0 Å². The maximum Gasteiger partial charge on any atom is 0.421 e. The highest BCUT2D eigenvalue weighted by Crippen LogP contribution is 2.36. The Labute approximate surface area is 266 Å². The van der Waals surface area contributed by atoms with Crippen molar-refractivity contribution in [3.8, 4) is 5.75 Å². The number of carbonyl (C=O) groups excluding carboxylic acids is 1. The van der Waals surface area contributed by atoms with Gasteiger partial charge in [-0.25, -0.2) is 18.4 Å². The highest BCUT2D eigenvalue weighted by molar-refractivity contribution is 7.92. The number of hydrogen-bond acceptors (Lipinski definition) is 10. The van der Waals surface area contributed by atoms with Crippen LogP contribution in [0.4, 0.5) is 36.4 Å². The van der Waals surface area contributed by atoms with Crippen molar-refractivity contribution in [3.05, 3.63) is 59.4 Å². The Morgan fingerprint density at radius 2 is 1.83 bits per heavy atom. The van der Waals surface area contributed by atoms with Crippen LogP contribution in [-0.2, 0) is 22.7 Å². The molecule has 2 aliphatic heterocycles. The summed E-state index contributed by atoms with van der Waals surface area (Å²) in [5, 5.41) is 5.55. The third-order valence-electron chi connectivity index (χ3n) is 8.31. The molecule has 0 aliphatic carbocycles. The number of piperidine rings is 1. The Kier molecular flexibility index (Phi) is 9.86. The average Bonchev–Trinajstić information content (AvgIpc) is 3.58. The quantitative estimate of drug-likeness (QED) is 0.323. The normalized spacial score (nSPS) is 16.3. The van der Waals surface area contributed by atoms with Crippen molar-refractivity contribution in [3.63, 3.8) is 0 Å². The summed E-state index contributed by atoms with van der Waals surface area (Å²) in [6.45, 7) is 3.38. The van der Waals surface area contributed by atoms with Gasteiger partial charge >= 0.3 is 6.18 Å². The van der Waals surface area contributed by atoms with Gasteiger partial charge in [-0.3, -0.25) is 9.10 Å². The SMILES string of the molecule is COc1cc(C(=O)N2CCC(N3CCCC3)CC2)ccc1Nc1ncc(C(F)(F)F)c(NCc2cccnc2N(C)S(C)(=O)=O)n1. The number of carbonyl (C=O) groups is 1. The second-order valence-electron chi connectivity index (χ2n) is 11.3. The monoisotopic (exact) mass is 662 g/mol. The third-order valence-corrected chi connectivity index (χ3v) is 9.48. The van der Waals surface area contributed by atoms with E-state index in [0.717, 1.165) is 36.5 Å². The Morgan fingerprint density at radius 1 is 1.11 bits per heavy atom. The van der Waals surface area contributed by atoms with Gasteiger partial charge in [0.15, 0.2) is 0 Å². The van der Waals surface area contributed by atoms with Crippen LogP contribution in [0.25, 0.3) is 0 Å². The van der Waals surface area contributed by atoms with Gasteiger partial charge in [-0.1, -0.05) is 6.07 Å². The van der Waals surface area contributed by atoms with E-state index < -0.39 is 27.6 Å². The maximum atomic E-state index is 13.9. The van der Waals surface area contributed by atoms with Crippen LogP contribution in [0.3, 0.4) is 0 Å². The molecule has 1 amide bonds. The summed E-state index contributed by atoms with van der Waals surface area (Å²) in [5.41, 5.74) is 0.00566. The van der Waals surface area contributed by atoms with Crippen LogP contribution in [0.1, 0.15) is 47.2 Å². The predicted octanol–water partition coefficient (Wildman–Crippen LogP) is 4.35. The Bertz CT molecular complexity index is 1660. The minimum atomic E-state index is -4.77. The van der Waals surface area contributed by atoms with Crippen molar-refractivity contribution >= 4 is 39.2 Å². The zero-order valence-electron chi connectivity index (χ0n) is 25.8. The molecule has 46 heavy (non-hydrogen) atoms. The fourth-order valence-corrected chi connectivity index (χ4v) is 6.22. The van der Waals surface area contributed by atoms with E-state index in [-0.39, 0.29) is 24.2 Å². The van der Waals surface area contributed by atoms with Crippen molar-refractivity contribution in [2.75, 3.05) is 61.5 Å². The minimum absolute atomic E-state index is 0.0637. The van der Waals surface area contributed by atoms with E-state index in [4.69, 9.17) is 4.74 Å². The number of alkyl halides is 3. The molecule has 0 radical (unpaired) electrons. The number of amides is 1. The van der Waals surface area contributed by atoms with Gasteiger partial charge in [0.1, 0.15) is 22.9 Å². The summed E-state index contributed by atoms with van der Waals surface area (Å²) >= 11 is 0. The molecule has 2 aromatic heterocycles. The van der Waals surface area contributed by atoms with E-state index in [2.05, 4.69) is 30.5 Å². The number of anilines is 4. The molecule has 0 unspecified atom stereocenters. The standard InChI is InChI=1S/C30H37F3N8O4S/c1-39(46(3,43)44)27-21(7-6-12-34-27)18-35-26-23(30(31,32)33)19-36-29(38-26)37-24-9-8-20(17-25(24)45-2)28(42)41-15-10-22(11-16-41)40-13-4-5-14-40/h6-9,12,17,19,22H,4-5,10-11,13-16,18H2,1-3H3,(H2,35,36,37,38). The van der Waals surface area contributed by atoms with Gasteiger partial charge in [-0.15, -0.1) is 0 Å².